The monoisotopic (exact) mass is 462 g/mol. The van der Waals surface area contributed by atoms with E-state index in [-0.39, 0.29) is 37.4 Å². The molecule has 11 nitrogen and oxygen atoms in total. The van der Waals surface area contributed by atoms with Gasteiger partial charge in [-0.2, -0.15) is 10.4 Å². The number of hydrogen-bond acceptors (Lipinski definition) is 9. The average Bonchev–Trinajstić information content (AvgIpc) is 3.06. The second-order valence-corrected chi connectivity index (χ2v) is 9.52. The molecule has 0 saturated carbocycles. The Hall–Kier alpha value is -2.44. The van der Waals surface area contributed by atoms with Crippen LogP contribution in [-0.2, 0) is 25.9 Å². The summed E-state index contributed by atoms with van der Waals surface area (Å²) in [6, 6.07) is 3.46. The molecule has 2 saturated heterocycles. The lowest BCUT2D eigenvalue weighted by Crippen LogP contribution is -2.62. The Labute approximate surface area is 194 Å². The highest BCUT2D eigenvalue weighted by molar-refractivity contribution is 6.00. The summed E-state index contributed by atoms with van der Waals surface area (Å²) in [4.78, 5) is 49.6. The fourth-order valence-corrected chi connectivity index (χ4v) is 3.88. The molecule has 2 fully saturated rings. The van der Waals surface area contributed by atoms with Crippen LogP contribution in [0.15, 0.2) is 24.5 Å². The minimum absolute atomic E-state index is 0.000564. The van der Waals surface area contributed by atoms with E-state index in [1.54, 1.807) is 6.20 Å². The van der Waals surface area contributed by atoms with Crippen molar-refractivity contribution < 1.29 is 24.4 Å². The van der Waals surface area contributed by atoms with E-state index in [1.165, 1.54) is 0 Å². The molecule has 11 heteroatoms. The van der Waals surface area contributed by atoms with Gasteiger partial charge in [-0.3, -0.25) is 29.2 Å². The molecule has 0 radical (unpaired) electrons. The van der Waals surface area contributed by atoms with Gasteiger partial charge in [0.25, 0.3) is 11.8 Å². The standard InChI is InChI=1S/C22H34N6O5/c1-22(2,3)25-21(32)18-15-26(13-16-5-4-8-23-11-16)9-10-27(18)14-17(29)12-24-33-28-19(30)6-7-20(28)31/h4-5,8,11,17-18,24,29H,6-7,9-10,12-15H2,1-3H3,(H,25,32)/t17-,18-/m0/s1. The molecule has 2 aliphatic heterocycles. The average molecular weight is 463 g/mol. The molecule has 0 unspecified atom stereocenters. The molecular weight excluding hydrogens is 428 g/mol. The van der Waals surface area contributed by atoms with Crippen molar-refractivity contribution in [2.24, 2.45) is 0 Å². The first kappa shape index (κ1) is 25.2. The Bertz CT molecular complexity index is 814. The molecule has 182 valence electrons. The van der Waals surface area contributed by atoms with Crippen LogP contribution in [0.2, 0.25) is 0 Å². The number of hydrogen-bond donors (Lipinski definition) is 3. The minimum Gasteiger partial charge on any atom is -0.390 e. The van der Waals surface area contributed by atoms with Gasteiger partial charge < -0.3 is 10.4 Å². The van der Waals surface area contributed by atoms with Crippen LogP contribution in [-0.4, -0.2) is 93.1 Å². The van der Waals surface area contributed by atoms with E-state index >= 15 is 0 Å². The number of nitrogens with one attached hydrogen (secondary N) is 2. The summed E-state index contributed by atoms with van der Waals surface area (Å²) in [5.41, 5.74) is 3.19. The summed E-state index contributed by atoms with van der Waals surface area (Å²) in [5.74, 6) is -0.917. The van der Waals surface area contributed by atoms with Crippen molar-refractivity contribution >= 4 is 17.7 Å². The number of nitrogens with zero attached hydrogens (tertiary/aromatic N) is 4. The van der Waals surface area contributed by atoms with Crippen LogP contribution in [0.4, 0.5) is 0 Å². The summed E-state index contributed by atoms with van der Waals surface area (Å²) in [6.07, 6.45) is 2.93. The molecule has 1 aromatic heterocycles. The van der Waals surface area contributed by atoms with E-state index in [0.717, 1.165) is 12.1 Å². The number of aromatic nitrogens is 1. The van der Waals surface area contributed by atoms with Crippen molar-refractivity contribution in [3.63, 3.8) is 0 Å². The quantitative estimate of drug-likeness (QED) is 0.326. The Morgan fingerprint density at radius 3 is 2.64 bits per heavy atom. The summed E-state index contributed by atoms with van der Waals surface area (Å²) in [5, 5.41) is 14.2. The zero-order valence-electron chi connectivity index (χ0n) is 19.5. The first-order valence-electron chi connectivity index (χ1n) is 11.2. The molecule has 0 aliphatic carbocycles. The largest absolute Gasteiger partial charge is 0.390 e. The molecule has 0 spiro atoms. The number of amides is 3. The number of carbonyl (C=O) groups excluding carboxylic acids is 3. The van der Waals surface area contributed by atoms with Crippen molar-refractivity contribution in [1.82, 2.24) is 30.6 Å². The maximum atomic E-state index is 13.1. The highest BCUT2D eigenvalue weighted by Gasteiger charge is 2.35. The van der Waals surface area contributed by atoms with E-state index in [9.17, 15) is 19.5 Å². The molecule has 2 aliphatic rings. The van der Waals surface area contributed by atoms with Crippen LogP contribution in [0.25, 0.3) is 0 Å². The zero-order valence-corrected chi connectivity index (χ0v) is 19.5. The third-order valence-electron chi connectivity index (χ3n) is 5.43. The summed E-state index contributed by atoms with van der Waals surface area (Å²) >= 11 is 0. The van der Waals surface area contributed by atoms with Gasteiger partial charge in [0.1, 0.15) is 6.04 Å². The second kappa shape index (κ2) is 11.1. The van der Waals surface area contributed by atoms with Gasteiger partial charge >= 0.3 is 0 Å². The Morgan fingerprint density at radius 1 is 1.27 bits per heavy atom. The maximum Gasteiger partial charge on any atom is 0.255 e. The van der Waals surface area contributed by atoms with E-state index in [2.05, 4.69) is 20.7 Å². The molecule has 3 N–H and O–H groups in total. The van der Waals surface area contributed by atoms with Gasteiger partial charge in [-0.15, -0.1) is 5.06 Å². The lowest BCUT2D eigenvalue weighted by Gasteiger charge is -2.42. The number of aliphatic hydroxyl groups excluding tert-OH is 1. The molecular formula is C22H34N6O5. The van der Waals surface area contributed by atoms with Gasteiger partial charge in [0.2, 0.25) is 5.91 Å². The van der Waals surface area contributed by atoms with Gasteiger partial charge in [0.15, 0.2) is 0 Å². The SMILES string of the molecule is CC(C)(C)NC(=O)[C@@H]1CN(Cc2cccnc2)CCN1C[C@@H](O)CNON1C(=O)CCC1=O. The van der Waals surface area contributed by atoms with Crippen LogP contribution < -0.4 is 10.8 Å². The van der Waals surface area contributed by atoms with E-state index < -0.39 is 24.0 Å². The number of pyridine rings is 1. The van der Waals surface area contributed by atoms with Crippen molar-refractivity contribution in [3.8, 4) is 0 Å². The normalized spacial score (nSPS) is 21.5. The zero-order chi connectivity index (χ0) is 24.0. The lowest BCUT2D eigenvalue weighted by atomic mass is 10.1. The van der Waals surface area contributed by atoms with Gasteiger partial charge in [-0.1, -0.05) is 6.07 Å². The fraction of sp³-hybridized carbons (Fsp3) is 0.636. The van der Waals surface area contributed by atoms with Gasteiger partial charge in [-0.25, -0.2) is 0 Å². The van der Waals surface area contributed by atoms with Gasteiger partial charge in [0, 0.05) is 63.5 Å². The first-order valence-corrected chi connectivity index (χ1v) is 11.2. The van der Waals surface area contributed by atoms with E-state index in [1.807, 2.05) is 44.0 Å². The highest BCUT2D eigenvalue weighted by Crippen LogP contribution is 2.15. The molecule has 0 aromatic carbocycles. The third kappa shape index (κ3) is 7.54. The van der Waals surface area contributed by atoms with Crippen LogP contribution in [0.1, 0.15) is 39.2 Å². The van der Waals surface area contributed by atoms with Crippen molar-refractivity contribution in [2.75, 3.05) is 32.7 Å². The smallest absolute Gasteiger partial charge is 0.255 e. The van der Waals surface area contributed by atoms with Gasteiger partial charge in [-0.05, 0) is 32.4 Å². The molecule has 33 heavy (non-hydrogen) atoms. The van der Waals surface area contributed by atoms with Crippen LogP contribution in [0, 0.1) is 0 Å². The molecule has 1 aromatic rings. The molecule has 3 rings (SSSR count). The van der Waals surface area contributed by atoms with Gasteiger partial charge in [0.05, 0.1) is 12.6 Å². The minimum atomic E-state index is -0.868. The van der Waals surface area contributed by atoms with E-state index in [0.29, 0.717) is 24.7 Å². The molecule has 0 bridgehead atoms. The number of β-amino-alcohol motifs (C(OH)–C–C–N with tert-alkyl or cyclic N) is 1. The molecule has 3 heterocycles. The summed E-state index contributed by atoms with van der Waals surface area (Å²) < 4.78 is 0. The number of carbonyl (C=O) groups is 3. The number of hydroxylamine groups is 3. The first-order chi connectivity index (χ1) is 15.6. The van der Waals surface area contributed by atoms with Crippen molar-refractivity contribution in [2.45, 2.75) is 57.8 Å². The van der Waals surface area contributed by atoms with Crippen LogP contribution in [0.3, 0.4) is 0 Å². The highest BCUT2D eigenvalue weighted by atomic mass is 16.8. The lowest BCUT2D eigenvalue weighted by molar-refractivity contribution is -0.211. The predicted octanol–water partition coefficient (Wildman–Crippen LogP) is -0.571. The van der Waals surface area contributed by atoms with Crippen LogP contribution >= 0.6 is 0 Å². The van der Waals surface area contributed by atoms with Crippen molar-refractivity contribution in [1.29, 1.82) is 0 Å². The number of aliphatic hydroxyl groups is 1. The number of rotatable bonds is 9. The Balaban J connectivity index is 1.56. The molecule has 3 amide bonds. The predicted molar refractivity (Wildman–Crippen MR) is 119 cm³/mol. The second-order valence-electron chi connectivity index (χ2n) is 9.52. The topological polar surface area (TPSA) is 127 Å². The Morgan fingerprint density at radius 2 is 2.00 bits per heavy atom. The van der Waals surface area contributed by atoms with E-state index in [4.69, 9.17) is 4.94 Å². The Kier molecular flexibility index (Phi) is 8.49. The summed E-state index contributed by atoms with van der Waals surface area (Å²) in [6.45, 7) is 8.58. The van der Waals surface area contributed by atoms with Crippen molar-refractivity contribution in [3.05, 3.63) is 30.1 Å². The number of imide groups is 1. The number of piperazine rings is 1. The third-order valence-corrected chi connectivity index (χ3v) is 5.43. The fourth-order valence-electron chi connectivity index (χ4n) is 3.88. The maximum absolute atomic E-state index is 13.1. The molecule has 2 atom stereocenters. The van der Waals surface area contributed by atoms with Crippen LogP contribution in [0.5, 0.6) is 0 Å². The summed E-state index contributed by atoms with van der Waals surface area (Å²) in [7, 11) is 0.